The zero-order valence-corrected chi connectivity index (χ0v) is 16.9. The Hall–Kier alpha value is -2.82. The number of para-hydroxylation sites is 1. The maximum Gasteiger partial charge on any atom is 0.259 e. The Morgan fingerprint density at radius 2 is 1.69 bits per heavy atom. The molecular formula is C24H28N2O3. The van der Waals surface area contributed by atoms with Gasteiger partial charge >= 0.3 is 0 Å². The van der Waals surface area contributed by atoms with Crippen LogP contribution in [0.3, 0.4) is 0 Å². The van der Waals surface area contributed by atoms with E-state index in [-0.39, 0.29) is 11.8 Å². The van der Waals surface area contributed by atoms with Crippen LogP contribution in [-0.2, 0) is 0 Å². The fraction of sp³-hybridized carbons (Fsp3) is 0.417. The van der Waals surface area contributed by atoms with Crippen LogP contribution in [0, 0.1) is 5.92 Å². The van der Waals surface area contributed by atoms with E-state index in [1.54, 1.807) is 37.4 Å². The van der Waals surface area contributed by atoms with Crippen LogP contribution in [0.2, 0.25) is 0 Å². The zero-order valence-electron chi connectivity index (χ0n) is 16.9. The molecule has 1 saturated heterocycles. The molecule has 2 aromatic rings. The third kappa shape index (κ3) is 4.14. The summed E-state index contributed by atoms with van der Waals surface area (Å²) in [5.74, 6) is 1.08. The van der Waals surface area contributed by atoms with Gasteiger partial charge in [0, 0.05) is 23.8 Å². The molecule has 2 atom stereocenters. The third-order valence-corrected chi connectivity index (χ3v) is 6.25. The fourth-order valence-corrected chi connectivity index (χ4v) is 4.77. The van der Waals surface area contributed by atoms with Gasteiger partial charge in [-0.1, -0.05) is 25.0 Å². The lowest BCUT2D eigenvalue weighted by molar-refractivity contribution is 0.0390. The van der Waals surface area contributed by atoms with Crippen LogP contribution in [0.4, 0.5) is 5.69 Å². The highest BCUT2D eigenvalue weighted by Gasteiger charge is 2.35. The van der Waals surface area contributed by atoms with E-state index in [0.717, 1.165) is 19.4 Å². The number of nitrogens with zero attached hydrogens (tertiary/aromatic N) is 1. The van der Waals surface area contributed by atoms with E-state index in [1.807, 2.05) is 18.2 Å². The number of benzene rings is 2. The normalized spacial score (nSPS) is 21.2. The standard InChI is InChI=1S/C24H28N2O3/c1-29-22-11-5-3-9-20(22)23(27)25-19-14-12-18(13-15-19)24(28)26-16-6-8-17-7-2-4-10-21(17)26/h3,5,9,11-15,17,21H,2,4,6-8,10,16H2,1H3,(H,25,27)/t17-,21+/m1/s1. The van der Waals surface area contributed by atoms with Gasteiger partial charge in [0.05, 0.1) is 12.7 Å². The van der Waals surface area contributed by atoms with Crippen molar-refractivity contribution in [2.24, 2.45) is 5.92 Å². The molecule has 1 saturated carbocycles. The summed E-state index contributed by atoms with van der Waals surface area (Å²) >= 11 is 0. The van der Waals surface area contributed by atoms with Crippen molar-refractivity contribution >= 4 is 17.5 Å². The van der Waals surface area contributed by atoms with Gasteiger partial charge in [0.25, 0.3) is 11.8 Å². The zero-order chi connectivity index (χ0) is 20.2. The van der Waals surface area contributed by atoms with Gasteiger partial charge in [0.1, 0.15) is 5.75 Å². The van der Waals surface area contributed by atoms with E-state index in [2.05, 4.69) is 10.2 Å². The highest BCUT2D eigenvalue weighted by molar-refractivity contribution is 6.06. The van der Waals surface area contributed by atoms with E-state index < -0.39 is 0 Å². The third-order valence-electron chi connectivity index (χ3n) is 6.25. The highest BCUT2D eigenvalue weighted by atomic mass is 16.5. The molecule has 1 aliphatic carbocycles. The van der Waals surface area contributed by atoms with Gasteiger partial charge in [-0.3, -0.25) is 9.59 Å². The quantitative estimate of drug-likeness (QED) is 0.817. The molecule has 0 radical (unpaired) electrons. The molecule has 0 unspecified atom stereocenters. The van der Waals surface area contributed by atoms with Crippen LogP contribution in [0.1, 0.15) is 59.2 Å². The number of ether oxygens (including phenoxy) is 1. The molecule has 2 fully saturated rings. The van der Waals surface area contributed by atoms with Crippen molar-refractivity contribution in [2.45, 2.75) is 44.6 Å². The summed E-state index contributed by atoms with van der Waals surface area (Å²) in [4.78, 5) is 27.8. The number of fused-ring (bicyclic) bond motifs is 1. The molecular weight excluding hydrogens is 364 g/mol. The lowest BCUT2D eigenvalue weighted by atomic mass is 9.78. The van der Waals surface area contributed by atoms with Gasteiger partial charge < -0.3 is 15.0 Å². The van der Waals surface area contributed by atoms with E-state index in [9.17, 15) is 9.59 Å². The molecule has 5 heteroatoms. The Morgan fingerprint density at radius 3 is 2.48 bits per heavy atom. The molecule has 4 rings (SSSR count). The van der Waals surface area contributed by atoms with Gasteiger partial charge in [-0.15, -0.1) is 0 Å². The Bertz CT molecular complexity index is 876. The average molecular weight is 392 g/mol. The molecule has 29 heavy (non-hydrogen) atoms. The summed E-state index contributed by atoms with van der Waals surface area (Å²) in [6.07, 6.45) is 7.25. The summed E-state index contributed by atoms with van der Waals surface area (Å²) in [5.41, 5.74) is 1.82. The second-order valence-corrected chi connectivity index (χ2v) is 7.98. The van der Waals surface area contributed by atoms with E-state index >= 15 is 0 Å². The number of likely N-dealkylation sites (tertiary alicyclic amines) is 1. The van der Waals surface area contributed by atoms with Crippen LogP contribution >= 0.6 is 0 Å². The monoisotopic (exact) mass is 392 g/mol. The molecule has 1 N–H and O–H groups in total. The summed E-state index contributed by atoms with van der Waals surface area (Å²) in [5, 5.41) is 2.88. The first-order valence-electron chi connectivity index (χ1n) is 10.5. The molecule has 5 nitrogen and oxygen atoms in total. The van der Waals surface area contributed by atoms with Crippen LogP contribution in [0.5, 0.6) is 5.75 Å². The maximum atomic E-state index is 13.1. The Morgan fingerprint density at radius 1 is 0.966 bits per heavy atom. The molecule has 0 spiro atoms. The number of nitrogens with one attached hydrogen (secondary N) is 1. The van der Waals surface area contributed by atoms with E-state index in [1.165, 1.54) is 25.7 Å². The molecule has 152 valence electrons. The minimum atomic E-state index is -0.234. The number of methoxy groups -OCH3 is 1. The molecule has 2 amide bonds. The number of carbonyl (C=O) groups is 2. The molecule has 2 aromatic carbocycles. The molecule has 1 aliphatic heterocycles. The Labute approximate surface area is 172 Å². The number of piperidine rings is 1. The lowest BCUT2D eigenvalue weighted by Gasteiger charge is -2.44. The van der Waals surface area contributed by atoms with Crippen LogP contribution in [0.25, 0.3) is 0 Å². The predicted molar refractivity (Wildman–Crippen MR) is 113 cm³/mol. The summed E-state index contributed by atoms with van der Waals surface area (Å²) in [6, 6.07) is 14.7. The Balaban J connectivity index is 1.45. The highest BCUT2D eigenvalue weighted by Crippen LogP contribution is 2.36. The number of carbonyl (C=O) groups excluding carboxylic acids is 2. The minimum Gasteiger partial charge on any atom is -0.496 e. The second-order valence-electron chi connectivity index (χ2n) is 7.98. The largest absolute Gasteiger partial charge is 0.496 e. The van der Waals surface area contributed by atoms with Gasteiger partial charge in [0.15, 0.2) is 0 Å². The van der Waals surface area contributed by atoms with Crippen molar-refractivity contribution in [1.82, 2.24) is 4.90 Å². The first kappa shape index (κ1) is 19.5. The molecule has 0 bridgehead atoms. The SMILES string of the molecule is COc1ccccc1C(=O)Nc1ccc(C(=O)N2CCC[C@H]3CCCC[C@@H]32)cc1. The minimum absolute atomic E-state index is 0.115. The number of hydrogen-bond acceptors (Lipinski definition) is 3. The first-order chi connectivity index (χ1) is 14.2. The van der Waals surface area contributed by atoms with E-state index in [4.69, 9.17) is 4.74 Å². The fourth-order valence-electron chi connectivity index (χ4n) is 4.77. The van der Waals surface area contributed by atoms with Crippen LogP contribution < -0.4 is 10.1 Å². The topological polar surface area (TPSA) is 58.6 Å². The lowest BCUT2D eigenvalue weighted by Crippen LogP contribution is -2.49. The number of rotatable bonds is 4. The number of anilines is 1. The van der Waals surface area contributed by atoms with Crippen molar-refractivity contribution in [1.29, 1.82) is 0 Å². The van der Waals surface area contributed by atoms with Crippen molar-refractivity contribution in [3.63, 3.8) is 0 Å². The molecule has 2 aliphatic rings. The average Bonchev–Trinajstić information content (AvgIpc) is 2.78. The smallest absolute Gasteiger partial charge is 0.259 e. The van der Waals surface area contributed by atoms with Crippen molar-refractivity contribution < 1.29 is 14.3 Å². The van der Waals surface area contributed by atoms with Crippen molar-refractivity contribution in [2.75, 3.05) is 19.0 Å². The van der Waals surface area contributed by atoms with Crippen LogP contribution in [-0.4, -0.2) is 36.4 Å². The summed E-state index contributed by atoms with van der Waals surface area (Å²) < 4.78 is 5.25. The van der Waals surface area contributed by atoms with Crippen LogP contribution in [0.15, 0.2) is 48.5 Å². The Kier molecular flexibility index (Phi) is 5.84. The van der Waals surface area contributed by atoms with Gasteiger partial charge in [-0.25, -0.2) is 0 Å². The van der Waals surface area contributed by atoms with Crippen molar-refractivity contribution in [3.8, 4) is 5.75 Å². The first-order valence-corrected chi connectivity index (χ1v) is 10.5. The number of hydrogen-bond donors (Lipinski definition) is 1. The van der Waals surface area contributed by atoms with Gasteiger partial charge in [-0.05, 0) is 68.0 Å². The predicted octanol–water partition coefficient (Wildman–Crippen LogP) is 4.74. The van der Waals surface area contributed by atoms with Gasteiger partial charge in [0.2, 0.25) is 0 Å². The summed E-state index contributed by atoms with van der Waals surface area (Å²) in [7, 11) is 1.55. The maximum absolute atomic E-state index is 13.1. The molecule has 0 aromatic heterocycles. The number of amides is 2. The molecule has 1 heterocycles. The van der Waals surface area contributed by atoms with Gasteiger partial charge in [-0.2, -0.15) is 0 Å². The van der Waals surface area contributed by atoms with E-state index in [0.29, 0.717) is 34.5 Å². The summed E-state index contributed by atoms with van der Waals surface area (Å²) in [6.45, 7) is 0.853. The van der Waals surface area contributed by atoms with Crippen molar-refractivity contribution in [3.05, 3.63) is 59.7 Å². The second kappa shape index (κ2) is 8.68.